The molecule has 1 aliphatic rings. The molecule has 0 bridgehead atoms. The molecule has 1 aliphatic heterocycles. The van der Waals surface area contributed by atoms with Gasteiger partial charge < -0.3 is 4.90 Å². The van der Waals surface area contributed by atoms with Crippen molar-refractivity contribution >= 4 is 5.69 Å². The molecule has 1 fully saturated rings. The highest BCUT2D eigenvalue weighted by Crippen LogP contribution is 2.35. The maximum Gasteiger partial charge on any atom is 0.416 e. The van der Waals surface area contributed by atoms with Crippen LogP contribution in [0.1, 0.15) is 50.2 Å². The quantitative estimate of drug-likeness (QED) is 0.745. The van der Waals surface area contributed by atoms with Crippen molar-refractivity contribution in [3.8, 4) is 0 Å². The molecule has 0 radical (unpaired) electrons. The number of benzene rings is 1. The van der Waals surface area contributed by atoms with Gasteiger partial charge in [0.15, 0.2) is 0 Å². The Balaban J connectivity index is 2.39. The molecule has 106 valence electrons. The van der Waals surface area contributed by atoms with Crippen molar-refractivity contribution in [1.82, 2.24) is 0 Å². The summed E-state index contributed by atoms with van der Waals surface area (Å²) in [6.07, 6.45) is -0.970. The first-order valence-corrected chi connectivity index (χ1v) is 6.85. The predicted octanol–water partition coefficient (Wildman–Crippen LogP) is 4.82. The molecule has 0 unspecified atom stereocenters. The molecule has 19 heavy (non-hydrogen) atoms. The van der Waals surface area contributed by atoms with E-state index in [4.69, 9.17) is 0 Å². The molecule has 1 nitrogen and oxygen atoms in total. The number of halogens is 3. The standard InChI is InChI=1S/C15H20F3N/c1-11(2)12-8-13(15(16,17)18)10-14(9-12)19-6-4-3-5-7-19/h8-11H,3-7H2,1-2H3. The van der Waals surface area contributed by atoms with Crippen LogP contribution in [-0.2, 0) is 6.18 Å². The van der Waals surface area contributed by atoms with Gasteiger partial charge in [0.2, 0.25) is 0 Å². The lowest BCUT2D eigenvalue weighted by Crippen LogP contribution is -2.29. The summed E-state index contributed by atoms with van der Waals surface area (Å²) < 4.78 is 38.9. The fraction of sp³-hybridized carbons (Fsp3) is 0.600. The predicted molar refractivity (Wildman–Crippen MR) is 71.6 cm³/mol. The number of alkyl halides is 3. The lowest BCUT2D eigenvalue weighted by Gasteiger charge is -2.30. The second-order valence-electron chi connectivity index (χ2n) is 5.51. The molecule has 2 rings (SSSR count). The highest BCUT2D eigenvalue weighted by Gasteiger charge is 2.32. The highest BCUT2D eigenvalue weighted by molar-refractivity contribution is 5.53. The summed E-state index contributed by atoms with van der Waals surface area (Å²) >= 11 is 0. The molecule has 4 heteroatoms. The van der Waals surface area contributed by atoms with Crippen molar-refractivity contribution in [1.29, 1.82) is 0 Å². The average molecular weight is 271 g/mol. The van der Waals surface area contributed by atoms with Crippen molar-refractivity contribution in [3.63, 3.8) is 0 Å². The van der Waals surface area contributed by atoms with Crippen LogP contribution in [-0.4, -0.2) is 13.1 Å². The average Bonchev–Trinajstić information content (AvgIpc) is 2.38. The van der Waals surface area contributed by atoms with Crippen LogP contribution in [0.15, 0.2) is 18.2 Å². The lowest BCUT2D eigenvalue weighted by atomic mass is 9.98. The molecule has 0 aromatic heterocycles. The Bertz CT molecular complexity index is 432. The maximum absolute atomic E-state index is 13.0. The third-order valence-corrected chi connectivity index (χ3v) is 3.66. The number of hydrogen-bond donors (Lipinski definition) is 0. The summed E-state index contributed by atoms with van der Waals surface area (Å²) in [5, 5.41) is 0. The molecule has 0 atom stereocenters. The zero-order valence-electron chi connectivity index (χ0n) is 11.4. The van der Waals surface area contributed by atoms with Crippen LogP contribution in [0.5, 0.6) is 0 Å². The van der Waals surface area contributed by atoms with E-state index < -0.39 is 11.7 Å². The summed E-state index contributed by atoms with van der Waals surface area (Å²) in [5.41, 5.74) is 0.952. The first-order chi connectivity index (χ1) is 8.88. The fourth-order valence-corrected chi connectivity index (χ4v) is 2.47. The molecule has 0 saturated carbocycles. The van der Waals surface area contributed by atoms with E-state index in [2.05, 4.69) is 4.90 Å². The number of piperidine rings is 1. The lowest BCUT2D eigenvalue weighted by molar-refractivity contribution is -0.137. The minimum absolute atomic E-state index is 0.103. The van der Waals surface area contributed by atoms with Crippen molar-refractivity contribution < 1.29 is 13.2 Å². The van der Waals surface area contributed by atoms with Gasteiger partial charge in [0, 0.05) is 18.8 Å². The van der Waals surface area contributed by atoms with Crippen LogP contribution < -0.4 is 4.90 Å². The summed E-state index contributed by atoms with van der Waals surface area (Å²) in [5.74, 6) is 0.103. The zero-order valence-corrected chi connectivity index (χ0v) is 11.4. The third kappa shape index (κ3) is 3.43. The first-order valence-electron chi connectivity index (χ1n) is 6.85. The topological polar surface area (TPSA) is 3.24 Å². The Morgan fingerprint density at radius 1 is 1.00 bits per heavy atom. The second-order valence-corrected chi connectivity index (χ2v) is 5.51. The Morgan fingerprint density at radius 2 is 1.63 bits per heavy atom. The number of anilines is 1. The molecule has 1 saturated heterocycles. The van der Waals surface area contributed by atoms with E-state index in [9.17, 15) is 13.2 Å². The molecule has 1 aromatic rings. The molecule has 1 aromatic carbocycles. The minimum atomic E-state index is -4.27. The Labute approximate surface area is 112 Å². The molecular weight excluding hydrogens is 251 g/mol. The third-order valence-electron chi connectivity index (χ3n) is 3.66. The summed E-state index contributed by atoms with van der Waals surface area (Å²) in [7, 11) is 0. The van der Waals surface area contributed by atoms with Crippen LogP contribution in [0.3, 0.4) is 0 Å². The van der Waals surface area contributed by atoms with Crippen LogP contribution in [0.4, 0.5) is 18.9 Å². The summed E-state index contributed by atoms with van der Waals surface area (Å²) in [4.78, 5) is 2.07. The molecule has 0 amide bonds. The van der Waals surface area contributed by atoms with Gasteiger partial charge in [-0.2, -0.15) is 13.2 Å². The number of nitrogens with zero attached hydrogens (tertiary/aromatic N) is 1. The minimum Gasteiger partial charge on any atom is -0.372 e. The van der Waals surface area contributed by atoms with E-state index in [1.807, 2.05) is 19.9 Å². The van der Waals surface area contributed by atoms with Gasteiger partial charge in [-0.3, -0.25) is 0 Å². The van der Waals surface area contributed by atoms with Crippen molar-refractivity contribution in [2.75, 3.05) is 18.0 Å². The molecule has 0 N–H and O–H groups in total. The monoisotopic (exact) mass is 271 g/mol. The maximum atomic E-state index is 13.0. The van der Waals surface area contributed by atoms with Crippen LogP contribution >= 0.6 is 0 Å². The van der Waals surface area contributed by atoms with Crippen LogP contribution in [0.2, 0.25) is 0 Å². The van der Waals surface area contributed by atoms with Crippen molar-refractivity contribution in [3.05, 3.63) is 29.3 Å². The molecular formula is C15H20F3N. The van der Waals surface area contributed by atoms with Gasteiger partial charge in [-0.25, -0.2) is 0 Å². The van der Waals surface area contributed by atoms with E-state index in [1.165, 1.54) is 18.6 Å². The van der Waals surface area contributed by atoms with Crippen LogP contribution in [0, 0.1) is 0 Å². The smallest absolute Gasteiger partial charge is 0.372 e. The molecule has 0 aliphatic carbocycles. The van der Waals surface area contributed by atoms with Gasteiger partial charge in [0.25, 0.3) is 0 Å². The largest absolute Gasteiger partial charge is 0.416 e. The SMILES string of the molecule is CC(C)c1cc(N2CCCCC2)cc(C(F)(F)F)c1. The number of hydrogen-bond acceptors (Lipinski definition) is 1. The first kappa shape index (κ1) is 14.2. The highest BCUT2D eigenvalue weighted by atomic mass is 19.4. The van der Waals surface area contributed by atoms with Crippen molar-refractivity contribution in [2.24, 2.45) is 0 Å². The van der Waals surface area contributed by atoms with Crippen molar-refractivity contribution in [2.45, 2.75) is 45.2 Å². The van der Waals surface area contributed by atoms with Gasteiger partial charge in [-0.1, -0.05) is 13.8 Å². The van der Waals surface area contributed by atoms with E-state index in [0.717, 1.165) is 37.2 Å². The van der Waals surface area contributed by atoms with E-state index in [-0.39, 0.29) is 5.92 Å². The van der Waals surface area contributed by atoms with E-state index in [0.29, 0.717) is 0 Å². The summed E-state index contributed by atoms with van der Waals surface area (Å²) in [6, 6.07) is 4.47. The summed E-state index contributed by atoms with van der Waals surface area (Å²) in [6.45, 7) is 5.57. The molecule has 0 spiro atoms. The van der Waals surface area contributed by atoms with Crippen LogP contribution in [0.25, 0.3) is 0 Å². The van der Waals surface area contributed by atoms with Gasteiger partial charge in [-0.15, -0.1) is 0 Å². The van der Waals surface area contributed by atoms with Gasteiger partial charge >= 0.3 is 6.18 Å². The second kappa shape index (κ2) is 5.43. The number of rotatable bonds is 2. The van der Waals surface area contributed by atoms with Gasteiger partial charge in [-0.05, 0) is 48.9 Å². The normalized spacial score (nSPS) is 17.1. The Morgan fingerprint density at radius 3 is 2.16 bits per heavy atom. The van der Waals surface area contributed by atoms with Gasteiger partial charge in [0.1, 0.15) is 0 Å². The van der Waals surface area contributed by atoms with E-state index >= 15 is 0 Å². The van der Waals surface area contributed by atoms with Gasteiger partial charge in [0.05, 0.1) is 5.56 Å². The van der Waals surface area contributed by atoms with E-state index in [1.54, 1.807) is 0 Å². The zero-order chi connectivity index (χ0) is 14.0. The molecule has 1 heterocycles. The fourth-order valence-electron chi connectivity index (χ4n) is 2.47. The Kier molecular flexibility index (Phi) is 4.07. The Hall–Kier alpha value is -1.19.